The van der Waals surface area contributed by atoms with Crippen molar-refractivity contribution in [3.63, 3.8) is 0 Å². The maximum Gasteiger partial charge on any atom is 0.329 e. The first kappa shape index (κ1) is 13.6. The number of carbonyl (C=O) groups is 3. The van der Waals surface area contributed by atoms with E-state index in [9.17, 15) is 14.4 Å². The number of anilines is 1. The summed E-state index contributed by atoms with van der Waals surface area (Å²) in [5.41, 5.74) is 5.33. The number of primary amides is 1. The van der Waals surface area contributed by atoms with E-state index in [1.165, 1.54) is 17.1 Å². The van der Waals surface area contributed by atoms with Gasteiger partial charge < -0.3 is 20.9 Å². The van der Waals surface area contributed by atoms with E-state index in [4.69, 9.17) is 10.8 Å². The number of nitrogens with two attached hydrogens (primary N) is 1. The first-order chi connectivity index (χ1) is 8.47. The largest absolute Gasteiger partial charge is 0.480 e. The van der Waals surface area contributed by atoms with E-state index < -0.39 is 24.4 Å². The van der Waals surface area contributed by atoms with Crippen LogP contribution in [0.1, 0.15) is 0 Å². The first-order valence-corrected chi connectivity index (χ1v) is 4.87. The standard InChI is InChI=1S/C9H12N4O5/c10-7(14)3-13-2-6(1-11-13)12-8(15)4-18-5-9(16)17/h1-2H,3-5H2,(H2,10,14)(H,12,15)(H,16,17). The third-order valence-electron chi connectivity index (χ3n) is 1.69. The lowest BCUT2D eigenvalue weighted by atomic mass is 10.5. The Bertz CT molecular complexity index is 456. The Balaban J connectivity index is 2.37. The number of carboxylic acids is 1. The van der Waals surface area contributed by atoms with Crippen molar-refractivity contribution in [3.8, 4) is 0 Å². The Hall–Kier alpha value is -2.42. The minimum Gasteiger partial charge on any atom is -0.480 e. The predicted molar refractivity (Wildman–Crippen MR) is 58.5 cm³/mol. The van der Waals surface area contributed by atoms with Crippen LogP contribution in [0.5, 0.6) is 0 Å². The molecule has 0 aromatic carbocycles. The second-order valence-electron chi connectivity index (χ2n) is 3.33. The van der Waals surface area contributed by atoms with Gasteiger partial charge in [-0.2, -0.15) is 5.10 Å². The highest BCUT2D eigenvalue weighted by Crippen LogP contribution is 2.04. The van der Waals surface area contributed by atoms with E-state index in [0.717, 1.165) is 0 Å². The van der Waals surface area contributed by atoms with Crippen molar-refractivity contribution in [1.82, 2.24) is 9.78 Å². The van der Waals surface area contributed by atoms with E-state index in [-0.39, 0.29) is 13.2 Å². The fraction of sp³-hybridized carbons (Fsp3) is 0.333. The summed E-state index contributed by atoms with van der Waals surface area (Å²) in [6.45, 7) is -1.02. The third kappa shape index (κ3) is 5.07. The molecule has 1 rings (SSSR count). The van der Waals surface area contributed by atoms with Gasteiger partial charge in [-0.25, -0.2) is 4.79 Å². The molecule has 0 unspecified atom stereocenters. The van der Waals surface area contributed by atoms with Gasteiger partial charge in [0.1, 0.15) is 19.8 Å². The Morgan fingerprint density at radius 1 is 1.44 bits per heavy atom. The lowest BCUT2D eigenvalue weighted by Crippen LogP contribution is -2.20. The SMILES string of the molecule is NC(=O)Cn1cc(NC(=O)COCC(=O)O)cn1. The van der Waals surface area contributed by atoms with Crippen LogP contribution in [-0.2, 0) is 25.7 Å². The number of amides is 2. The highest BCUT2D eigenvalue weighted by molar-refractivity contribution is 5.91. The lowest BCUT2D eigenvalue weighted by Gasteiger charge is -2.01. The number of carbonyl (C=O) groups excluding carboxylic acids is 2. The number of hydrogen-bond donors (Lipinski definition) is 3. The van der Waals surface area contributed by atoms with Gasteiger partial charge in [0.05, 0.1) is 11.9 Å². The summed E-state index contributed by atoms with van der Waals surface area (Å²) in [5, 5.41) is 14.5. The Morgan fingerprint density at radius 2 is 2.17 bits per heavy atom. The average molecular weight is 256 g/mol. The molecule has 0 aliphatic rings. The third-order valence-corrected chi connectivity index (χ3v) is 1.69. The average Bonchev–Trinajstić information content (AvgIpc) is 2.63. The summed E-state index contributed by atoms with van der Waals surface area (Å²) < 4.78 is 5.85. The molecule has 1 aromatic heterocycles. The fourth-order valence-electron chi connectivity index (χ4n) is 1.10. The van der Waals surface area contributed by atoms with Gasteiger partial charge in [0.15, 0.2) is 0 Å². The molecule has 9 heteroatoms. The van der Waals surface area contributed by atoms with Crippen LogP contribution in [0.2, 0.25) is 0 Å². The normalized spacial score (nSPS) is 10.0. The molecule has 0 spiro atoms. The zero-order valence-corrected chi connectivity index (χ0v) is 9.33. The van der Waals surface area contributed by atoms with Gasteiger partial charge in [0.25, 0.3) is 0 Å². The monoisotopic (exact) mass is 256 g/mol. The summed E-state index contributed by atoms with van der Waals surface area (Å²) >= 11 is 0. The quantitative estimate of drug-likeness (QED) is 0.537. The maximum absolute atomic E-state index is 11.3. The number of rotatable bonds is 7. The topological polar surface area (TPSA) is 137 Å². The Labute approximate surface area is 102 Å². The van der Waals surface area contributed by atoms with Crippen LogP contribution in [0.4, 0.5) is 5.69 Å². The Kier molecular flexibility index (Phi) is 4.81. The van der Waals surface area contributed by atoms with Gasteiger partial charge in [-0.05, 0) is 0 Å². The second kappa shape index (κ2) is 6.35. The number of aromatic nitrogens is 2. The summed E-state index contributed by atoms with van der Waals surface area (Å²) in [7, 11) is 0. The first-order valence-electron chi connectivity index (χ1n) is 4.87. The summed E-state index contributed by atoms with van der Waals surface area (Å²) in [6, 6.07) is 0. The number of carboxylic acid groups (broad SMARTS) is 1. The number of ether oxygens (including phenoxy) is 1. The van der Waals surface area contributed by atoms with Gasteiger partial charge in [0.2, 0.25) is 11.8 Å². The molecule has 1 heterocycles. The van der Waals surface area contributed by atoms with E-state index in [1.54, 1.807) is 0 Å². The fourth-order valence-corrected chi connectivity index (χ4v) is 1.10. The van der Waals surface area contributed by atoms with Crippen LogP contribution in [0.15, 0.2) is 12.4 Å². The molecule has 0 radical (unpaired) electrons. The highest BCUT2D eigenvalue weighted by Gasteiger charge is 2.07. The number of aliphatic carboxylic acids is 1. The molecule has 0 saturated heterocycles. The van der Waals surface area contributed by atoms with Crippen LogP contribution in [0.25, 0.3) is 0 Å². The molecule has 0 bridgehead atoms. The highest BCUT2D eigenvalue weighted by atomic mass is 16.5. The zero-order valence-electron chi connectivity index (χ0n) is 9.33. The maximum atomic E-state index is 11.3. The van der Waals surface area contributed by atoms with Gasteiger partial charge in [-0.1, -0.05) is 0 Å². The van der Waals surface area contributed by atoms with Crippen molar-refractivity contribution < 1.29 is 24.2 Å². The summed E-state index contributed by atoms with van der Waals surface area (Å²) in [4.78, 5) is 32.0. The molecule has 1 aromatic rings. The molecular weight excluding hydrogens is 244 g/mol. The van der Waals surface area contributed by atoms with Crippen molar-refractivity contribution in [3.05, 3.63) is 12.4 Å². The molecule has 0 aliphatic carbocycles. The van der Waals surface area contributed by atoms with E-state index in [0.29, 0.717) is 5.69 Å². The summed E-state index contributed by atoms with van der Waals surface area (Å²) in [6.07, 6.45) is 2.75. The number of nitrogens with one attached hydrogen (secondary N) is 1. The van der Waals surface area contributed by atoms with E-state index in [2.05, 4.69) is 15.2 Å². The molecule has 4 N–H and O–H groups in total. The van der Waals surface area contributed by atoms with Crippen LogP contribution in [0, 0.1) is 0 Å². The van der Waals surface area contributed by atoms with E-state index in [1.807, 2.05) is 0 Å². The zero-order chi connectivity index (χ0) is 13.5. The molecule has 2 amide bonds. The molecule has 0 saturated carbocycles. The van der Waals surface area contributed by atoms with Crippen molar-refractivity contribution in [1.29, 1.82) is 0 Å². The molecule has 0 fully saturated rings. The molecule has 0 atom stereocenters. The minimum absolute atomic E-state index is 0.0919. The number of hydrogen-bond acceptors (Lipinski definition) is 5. The Morgan fingerprint density at radius 3 is 2.78 bits per heavy atom. The van der Waals surface area contributed by atoms with Crippen molar-refractivity contribution in [2.24, 2.45) is 5.73 Å². The molecule has 18 heavy (non-hydrogen) atoms. The smallest absolute Gasteiger partial charge is 0.329 e. The van der Waals surface area contributed by atoms with Crippen LogP contribution in [0.3, 0.4) is 0 Å². The van der Waals surface area contributed by atoms with Crippen LogP contribution in [-0.4, -0.2) is 45.9 Å². The summed E-state index contributed by atoms with van der Waals surface area (Å²) in [5.74, 6) is -2.23. The van der Waals surface area contributed by atoms with Gasteiger partial charge in [-0.3, -0.25) is 14.3 Å². The van der Waals surface area contributed by atoms with Gasteiger partial charge in [0, 0.05) is 6.20 Å². The van der Waals surface area contributed by atoms with Crippen LogP contribution >= 0.6 is 0 Å². The van der Waals surface area contributed by atoms with E-state index >= 15 is 0 Å². The molecular formula is C9H12N4O5. The predicted octanol–water partition coefficient (Wildman–Crippen LogP) is -1.59. The van der Waals surface area contributed by atoms with Gasteiger partial charge in [-0.15, -0.1) is 0 Å². The minimum atomic E-state index is -1.16. The molecule has 98 valence electrons. The number of nitrogens with zero attached hydrogens (tertiary/aromatic N) is 2. The van der Waals surface area contributed by atoms with Crippen molar-refractivity contribution in [2.75, 3.05) is 18.5 Å². The molecule has 9 nitrogen and oxygen atoms in total. The molecule has 0 aliphatic heterocycles. The lowest BCUT2D eigenvalue weighted by molar-refractivity contribution is -0.143. The van der Waals surface area contributed by atoms with Gasteiger partial charge >= 0.3 is 5.97 Å². The van der Waals surface area contributed by atoms with Crippen molar-refractivity contribution in [2.45, 2.75) is 6.54 Å². The van der Waals surface area contributed by atoms with Crippen molar-refractivity contribution >= 4 is 23.5 Å². The second-order valence-corrected chi connectivity index (χ2v) is 3.33. The van der Waals surface area contributed by atoms with Crippen LogP contribution < -0.4 is 11.1 Å².